The van der Waals surface area contributed by atoms with Gasteiger partial charge in [0, 0.05) is 5.75 Å². The summed E-state index contributed by atoms with van der Waals surface area (Å²) >= 11 is 5.11. The van der Waals surface area contributed by atoms with Crippen molar-refractivity contribution in [1.82, 2.24) is 0 Å². The van der Waals surface area contributed by atoms with Crippen molar-refractivity contribution in [3.8, 4) is 0 Å². The molecule has 0 bridgehead atoms. The zero-order valence-corrected chi connectivity index (χ0v) is 7.32. The van der Waals surface area contributed by atoms with E-state index >= 15 is 0 Å². The minimum atomic E-state index is -3.11. The molecular formula is C4H10BClO3S. The lowest BCUT2D eigenvalue weighted by Gasteiger charge is -1.98. The quantitative estimate of drug-likeness (QED) is 0.502. The molecule has 0 saturated carbocycles. The van der Waals surface area contributed by atoms with E-state index in [1.807, 2.05) is 0 Å². The van der Waals surface area contributed by atoms with E-state index < -0.39 is 16.8 Å². The molecule has 0 fully saturated rings. The molecule has 0 amide bonds. The molecule has 0 heterocycles. The second-order valence-corrected chi connectivity index (χ2v) is 4.96. The van der Waals surface area contributed by atoms with Gasteiger partial charge in [-0.25, -0.2) is 8.42 Å². The summed E-state index contributed by atoms with van der Waals surface area (Å²) in [5.41, 5.74) is 0. The highest BCUT2D eigenvalue weighted by atomic mass is 35.5. The van der Waals surface area contributed by atoms with Crippen molar-refractivity contribution in [2.45, 2.75) is 13.1 Å². The van der Waals surface area contributed by atoms with Crippen LogP contribution < -0.4 is 0 Å². The topological polar surface area (TPSA) is 54.4 Å². The molecule has 0 aromatic heterocycles. The van der Waals surface area contributed by atoms with Gasteiger partial charge in [-0.3, -0.25) is 0 Å². The van der Waals surface area contributed by atoms with E-state index in [0.717, 1.165) is 0 Å². The predicted molar refractivity (Wildman–Crippen MR) is 43.2 cm³/mol. The Morgan fingerprint density at radius 2 is 2.10 bits per heavy atom. The molecule has 0 aliphatic heterocycles. The van der Waals surface area contributed by atoms with Crippen molar-refractivity contribution in [3.05, 3.63) is 0 Å². The van der Waals surface area contributed by atoms with Gasteiger partial charge >= 0.3 is 0 Å². The van der Waals surface area contributed by atoms with Gasteiger partial charge in [-0.05, 0) is 6.32 Å². The fourth-order valence-corrected chi connectivity index (χ4v) is 1.54. The van der Waals surface area contributed by atoms with Gasteiger partial charge in [-0.15, -0.1) is 11.6 Å². The lowest BCUT2D eigenvalue weighted by atomic mass is 9.69. The Labute approximate surface area is 66.4 Å². The molecule has 3 nitrogen and oxygen atoms in total. The van der Waals surface area contributed by atoms with Crippen LogP contribution in [0.5, 0.6) is 0 Å². The Hall–Kier alpha value is 0.265. The van der Waals surface area contributed by atoms with Gasteiger partial charge in [-0.2, -0.15) is 0 Å². The van der Waals surface area contributed by atoms with Gasteiger partial charge in [0.2, 0.25) is 0 Å². The van der Waals surface area contributed by atoms with Crippen molar-refractivity contribution in [1.29, 1.82) is 0 Å². The third kappa shape index (κ3) is 5.08. The fraction of sp³-hybridized carbons (Fsp3) is 1.00. The molecule has 0 radical (unpaired) electrons. The van der Waals surface area contributed by atoms with E-state index in [1.54, 1.807) is 6.82 Å². The number of sulfone groups is 1. The largest absolute Gasteiger partial charge is 0.451 e. The van der Waals surface area contributed by atoms with E-state index in [2.05, 4.69) is 0 Å². The van der Waals surface area contributed by atoms with Crippen molar-refractivity contribution in [2.24, 2.45) is 0 Å². The molecule has 6 heteroatoms. The van der Waals surface area contributed by atoms with Gasteiger partial charge < -0.3 is 5.02 Å². The minimum Gasteiger partial charge on any atom is -0.451 e. The molecule has 10 heavy (non-hydrogen) atoms. The van der Waals surface area contributed by atoms with Gasteiger partial charge in [0.05, 0.1) is 0 Å². The average molecular weight is 184 g/mol. The Kier molecular flexibility index (Phi) is 4.32. The molecule has 0 unspecified atom stereocenters. The van der Waals surface area contributed by atoms with Gasteiger partial charge in [0.15, 0.2) is 9.84 Å². The number of hydrogen-bond donors (Lipinski definition) is 1. The second-order valence-electron chi connectivity index (χ2n) is 2.19. The maximum Gasteiger partial charge on any atom is 0.286 e. The highest BCUT2D eigenvalue weighted by Gasteiger charge is 2.11. The molecule has 0 rings (SSSR count). The Bertz CT molecular complexity index is 177. The van der Waals surface area contributed by atoms with Crippen LogP contribution in [0, 0.1) is 0 Å². The van der Waals surface area contributed by atoms with Crippen LogP contribution in [0.2, 0.25) is 13.1 Å². The molecule has 0 atom stereocenters. The third-order valence-corrected chi connectivity index (χ3v) is 3.20. The molecular weight excluding hydrogens is 174 g/mol. The SMILES string of the molecule is CB(O)CCS(=O)(=O)CCl. The van der Waals surface area contributed by atoms with E-state index in [-0.39, 0.29) is 17.3 Å². The third-order valence-electron chi connectivity index (χ3n) is 1.01. The first-order valence-corrected chi connectivity index (χ1v) is 5.28. The lowest BCUT2D eigenvalue weighted by Crippen LogP contribution is -2.14. The van der Waals surface area contributed by atoms with E-state index in [1.165, 1.54) is 0 Å². The first-order valence-electron chi connectivity index (χ1n) is 2.92. The smallest absolute Gasteiger partial charge is 0.286 e. The van der Waals surface area contributed by atoms with E-state index in [9.17, 15) is 8.42 Å². The summed E-state index contributed by atoms with van der Waals surface area (Å²) in [6.07, 6.45) is 0.259. The van der Waals surface area contributed by atoms with Crippen LogP contribution in [0.3, 0.4) is 0 Å². The standard InChI is InChI=1S/C4H10BClO3S/c1-5(7)2-3-10(8,9)4-6/h7H,2-4H2,1H3. The minimum absolute atomic E-state index is 0.0336. The summed E-state index contributed by atoms with van der Waals surface area (Å²) in [5.74, 6) is -0.0336. The van der Waals surface area contributed by atoms with Crippen LogP contribution in [-0.2, 0) is 9.84 Å². The molecule has 1 N–H and O–H groups in total. The first-order chi connectivity index (χ1) is 4.48. The highest BCUT2D eigenvalue weighted by Crippen LogP contribution is 1.98. The normalized spacial score (nSPS) is 11.5. The average Bonchev–Trinajstić information content (AvgIpc) is 1.85. The van der Waals surface area contributed by atoms with Crippen molar-refractivity contribution < 1.29 is 13.4 Å². The summed E-state index contributed by atoms with van der Waals surface area (Å²) in [4.78, 5) is 0. The van der Waals surface area contributed by atoms with Crippen LogP contribution in [0.1, 0.15) is 0 Å². The van der Waals surface area contributed by atoms with E-state index in [0.29, 0.717) is 0 Å². The Morgan fingerprint density at radius 3 is 2.40 bits per heavy atom. The van der Waals surface area contributed by atoms with Gasteiger partial charge in [0.1, 0.15) is 5.21 Å². The maximum atomic E-state index is 10.7. The van der Waals surface area contributed by atoms with Gasteiger partial charge in [0.25, 0.3) is 6.92 Å². The number of hydrogen-bond acceptors (Lipinski definition) is 3. The monoisotopic (exact) mass is 184 g/mol. The molecule has 0 aromatic rings. The van der Waals surface area contributed by atoms with E-state index in [4.69, 9.17) is 16.6 Å². The van der Waals surface area contributed by atoms with Crippen molar-refractivity contribution in [3.63, 3.8) is 0 Å². The lowest BCUT2D eigenvalue weighted by molar-refractivity contribution is 0.574. The van der Waals surface area contributed by atoms with Crippen molar-refractivity contribution >= 4 is 28.4 Å². The molecule has 0 aromatic carbocycles. The second kappa shape index (κ2) is 4.21. The Morgan fingerprint density at radius 1 is 1.60 bits per heavy atom. The molecule has 0 saturated heterocycles. The van der Waals surface area contributed by atoms with Crippen LogP contribution >= 0.6 is 11.6 Å². The molecule has 0 spiro atoms. The summed E-state index contributed by atoms with van der Waals surface area (Å²) in [7, 11) is -3.11. The first kappa shape index (κ1) is 10.3. The van der Waals surface area contributed by atoms with Gasteiger partial charge in [-0.1, -0.05) is 6.82 Å². The maximum absolute atomic E-state index is 10.7. The molecule has 60 valence electrons. The zero-order chi connectivity index (χ0) is 8.20. The van der Waals surface area contributed by atoms with Crippen LogP contribution in [0.25, 0.3) is 0 Å². The molecule has 0 aliphatic rings. The summed E-state index contributed by atoms with van der Waals surface area (Å²) in [6, 6.07) is 0. The summed E-state index contributed by atoms with van der Waals surface area (Å²) in [6.45, 7) is 0.974. The number of alkyl halides is 1. The highest BCUT2D eigenvalue weighted by molar-refractivity contribution is 7.92. The number of rotatable bonds is 4. The summed E-state index contributed by atoms with van der Waals surface area (Å²) < 4.78 is 21.3. The number of halogens is 1. The Balaban J connectivity index is 3.70. The summed E-state index contributed by atoms with van der Waals surface area (Å²) in [5, 5.41) is 8.34. The van der Waals surface area contributed by atoms with Crippen LogP contribution in [0.4, 0.5) is 0 Å². The van der Waals surface area contributed by atoms with Crippen molar-refractivity contribution in [2.75, 3.05) is 11.0 Å². The molecule has 0 aliphatic carbocycles. The fourth-order valence-electron chi connectivity index (χ4n) is 0.405. The van der Waals surface area contributed by atoms with Crippen LogP contribution in [0.15, 0.2) is 0 Å². The van der Waals surface area contributed by atoms with Crippen LogP contribution in [-0.4, -0.2) is 31.3 Å². The zero-order valence-electron chi connectivity index (χ0n) is 5.75. The predicted octanol–water partition coefficient (Wildman–Crippen LogP) is 0.211.